The van der Waals surface area contributed by atoms with E-state index >= 15 is 0 Å². The van der Waals surface area contributed by atoms with E-state index in [0.717, 1.165) is 42.9 Å². The lowest BCUT2D eigenvalue weighted by molar-refractivity contribution is -0.123. The molecule has 0 atom stereocenters. The second kappa shape index (κ2) is 9.22. The quantitative estimate of drug-likeness (QED) is 0.608. The van der Waals surface area contributed by atoms with E-state index in [1.807, 2.05) is 17.9 Å². The number of nitrogens with zero attached hydrogens (tertiary/aromatic N) is 6. The van der Waals surface area contributed by atoms with Gasteiger partial charge >= 0.3 is 0 Å². The van der Waals surface area contributed by atoms with Gasteiger partial charge < -0.3 is 14.8 Å². The van der Waals surface area contributed by atoms with Gasteiger partial charge in [-0.05, 0) is 42.9 Å². The predicted molar refractivity (Wildman–Crippen MR) is 141 cm³/mol. The molecule has 1 amide bonds. The molecule has 1 saturated heterocycles. The van der Waals surface area contributed by atoms with Crippen molar-refractivity contribution in [3.05, 3.63) is 46.9 Å². The average molecular weight is 478 g/mol. The summed E-state index contributed by atoms with van der Waals surface area (Å²) in [6, 6.07) is 6.76. The first-order chi connectivity index (χ1) is 16.4. The third kappa shape index (κ3) is 5.17. The molecule has 4 rings (SSSR count). The maximum absolute atomic E-state index is 12.0. The molecule has 0 saturated carbocycles. The number of aryl methyl sites for hydroxylation is 2. The van der Waals surface area contributed by atoms with E-state index in [2.05, 4.69) is 79.8 Å². The second-order valence-corrected chi connectivity index (χ2v) is 11.4. The molecule has 1 aliphatic heterocycles. The molecule has 35 heavy (non-hydrogen) atoms. The van der Waals surface area contributed by atoms with Crippen LogP contribution in [0.25, 0.3) is 11.2 Å². The van der Waals surface area contributed by atoms with Crippen LogP contribution in [0.2, 0.25) is 0 Å². The Bertz CT molecular complexity index is 1240. The van der Waals surface area contributed by atoms with Crippen LogP contribution >= 0.6 is 0 Å². The van der Waals surface area contributed by atoms with Gasteiger partial charge in [-0.15, -0.1) is 0 Å². The molecule has 2 aromatic heterocycles. The van der Waals surface area contributed by atoms with Crippen molar-refractivity contribution in [3.8, 4) is 0 Å². The number of nitrogens with one attached hydrogen (secondary N) is 1. The van der Waals surface area contributed by atoms with Gasteiger partial charge in [0.1, 0.15) is 5.52 Å². The highest BCUT2D eigenvalue weighted by Crippen LogP contribution is 2.29. The van der Waals surface area contributed by atoms with Gasteiger partial charge in [0.15, 0.2) is 5.65 Å². The number of imidazole rings is 1. The summed E-state index contributed by atoms with van der Waals surface area (Å²) in [5.74, 6) is 0.747. The van der Waals surface area contributed by atoms with Crippen LogP contribution in [0.15, 0.2) is 24.5 Å². The zero-order valence-electron chi connectivity index (χ0n) is 22.4. The van der Waals surface area contributed by atoms with E-state index in [4.69, 9.17) is 9.97 Å². The van der Waals surface area contributed by atoms with Crippen molar-refractivity contribution in [2.24, 2.45) is 7.05 Å². The fourth-order valence-corrected chi connectivity index (χ4v) is 4.81. The first-order valence-corrected chi connectivity index (χ1v) is 12.4. The lowest BCUT2D eigenvalue weighted by atomic mass is 9.84. The number of hydrogen-bond acceptors (Lipinski definition) is 6. The minimum atomic E-state index is -0.189. The van der Waals surface area contributed by atoms with Crippen LogP contribution in [0.5, 0.6) is 0 Å². The molecule has 3 aromatic rings. The van der Waals surface area contributed by atoms with Gasteiger partial charge in [0.05, 0.1) is 18.6 Å². The van der Waals surface area contributed by atoms with Crippen molar-refractivity contribution in [1.82, 2.24) is 29.7 Å². The van der Waals surface area contributed by atoms with Crippen molar-refractivity contribution >= 4 is 23.0 Å². The SMILES string of the molecule is CNC(=O)CN1CCN(c2nc(Cc3cc(C(C)(C)C)ccc3C)c3c(ncn3C)n2)CC1(C)C. The van der Waals surface area contributed by atoms with Crippen LogP contribution in [0, 0.1) is 6.92 Å². The smallest absolute Gasteiger partial charge is 0.233 e. The molecule has 1 fully saturated rings. The van der Waals surface area contributed by atoms with E-state index in [0.29, 0.717) is 12.5 Å². The van der Waals surface area contributed by atoms with Gasteiger partial charge in [-0.25, -0.2) is 9.97 Å². The summed E-state index contributed by atoms with van der Waals surface area (Å²) in [6.07, 6.45) is 2.54. The highest BCUT2D eigenvalue weighted by molar-refractivity contribution is 5.78. The van der Waals surface area contributed by atoms with E-state index in [9.17, 15) is 4.79 Å². The number of rotatable bonds is 5. The number of likely N-dealkylation sites (N-methyl/N-ethyl adjacent to an activating group) is 1. The standard InChI is InChI=1S/C27H39N7O/c1-18-9-10-20(26(2,3)4)13-19(18)14-21-23-24(29-17-32(23)8)31-25(30-21)33-11-12-34(15-22(35)28-7)27(5,6)16-33/h9-10,13,17H,11-12,14-16H2,1-8H3,(H,28,35). The van der Waals surface area contributed by atoms with Crippen LogP contribution in [0.3, 0.4) is 0 Å². The van der Waals surface area contributed by atoms with Crippen molar-refractivity contribution < 1.29 is 4.79 Å². The van der Waals surface area contributed by atoms with E-state index in [1.54, 1.807) is 7.05 Å². The van der Waals surface area contributed by atoms with Gasteiger partial charge in [0.2, 0.25) is 11.9 Å². The van der Waals surface area contributed by atoms with Gasteiger partial charge in [-0.2, -0.15) is 4.98 Å². The molecule has 0 aliphatic carbocycles. The lowest BCUT2D eigenvalue weighted by Gasteiger charge is -2.46. The van der Waals surface area contributed by atoms with Crippen LogP contribution in [-0.4, -0.2) is 69.1 Å². The summed E-state index contributed by atoms with van der Waals surface area (Å²) in [5.41, 5.74) is 6.45. The Hall–Kier alpha value is -3.00. The molecule has 0 unspecified atom stereocenters. The molecule has 3 heterocycles. The molecule has 1 aromatic carbocycles. The zero-order chi connectivity index (χ0) is 25.5. The maximum atomic E-state index is 12.0. The predicted octanol–water partition coefficient (Wildman–Crippen LogP) is 3.21. The molecule has 1 aliphatic rings. The number of anilines is 1. The van der Waals surface area contributed by atoms with Gasteiger partial charge in [0, 0.05) is 45.7 Å². The zero-order valence-corrected chi connectivity index (χ0v) is 22.4. The van der Waals surface area contributed by atoms with Crippen LogP contribution in [0.1, 0.15) is 57.0 Å². The Balaban J connectivity index is 1.69. The van der Waals surface area contributed by atoms with Crippen LogP contribution in [0.4, 0.5) is 5.95 Å². The third-order valence-corrected chi connectivity index (χ3v) is 7.17. The first-order valence-electron chi connectivity index (χ1n) is 12.4. The number of carbonyl (C=O) groups excluding carboxylic acids is 1. The number of piperazine rings is 1. The molecule has 1 N–H and O–H groups in total. The fraction of sp³-hybridized carbons (Fsp3) is 0.556. The Morgan fingerprint density at radius 3 is 2.57 bits per heavy atom. The molecule has 0 spiro atoms. The summed E-state index contributed by atoms with van der Waals surface area (Å²) in [6.45, 7) is 15.9. The Morgan fingerprint density at radius 2 is 1.91 bits per heavy atom. The Kier molecular flexibility index (Phi) is 6.62. The van der Waals surface area contributed by atoms with E-state index in [-0.39, 0.29) is 16.9 Å². The Labute approximate surface area is 208 Å². The first kappa shape index (κ1) is 25.1. The highest BCUT2D eigenvalue weighted by Gasteiger charge is 2.36. The van der Waals surface area contributed by atoms with Crippen molar-refractivity contribution in [2.45, 2.75) is 58.9 Å². The van der Waals surface area contributed by atoms with Gasteiger partial charge in [-0.1, -0.05) is 39.0 Å². The maximum Gasteiger partial charge on any atom is 0.233 e. The number of fused-ring (bicyclic) bond motifs is 1. The largest absolute Gasteiger partial charge is 0.358 e. The van der Waals surface area contributed by atoms with E-state index < -0.39 is 0 Å². The summed E-state index contributed by atoms with van der Waals surface area (Å²) in [5, 5.41) is 2.73. The average Bonchev–Trinajstić information content (AvgIpc) is 3.16. The highest BCUT2D eigenvalue weighted by atomic mass is 16.1. The van der Waals surface area contributed by atoms with Crippen LogP contribution in [-0.2, 0) is 23.7 Å². The molecule has 188 valence electrons. The van der Waals surface area contributed by atoms with Gasteiger partial charge in [0.25, 0.3) is 0 Å². The number of amides is 1. The minimum absolute atomic E-state index is 0.0350. The lowest BCUT2D eigenvalue weighted by Crippen LogP contribution is -2.61. The number of aromatic nitrogens is 4. The summed E-state index contributed by atoms with van der Waals surface area (Å²) in [7, 11) is 3.68. The van der Waals surface area contributed by atoms with Crippen molar-refractivity contribution in [3.63, 3.8) is 0 Å². The Morgan fingerprint density at radius 1 is 1.17 bits per heavy atom. The topological polar surface area (TPSA) is 79.2 Å². The molecule has 0 radical (unpaired) electrons. The fourth-order valence-electron chi connectivity index (χ4n) is 4.81. The summed E-state index contributed by atoms with van der Waals surface area (Å²) in [4.78, 5) is 31.0. The van der Waals surface area contributed by atoms with Crippen molar-refractivity contribution in [2.75, 3.05) is 38.1 Å². The number of carbonyl (C=O) groups is 1. The monoisotopic (exact) mass is 477 g/mol. The summed E-state index contributed by atoms with van der Waals surface area (Å²) >= 11 is 0. The van der Waals surface area contributed by atoms with Crippen LogP contribution < -0.4 is 10.2 Å². The normalized spacial score (nSPS) is 16.6. The summed E-state index contributed by atoms with van der Waals surface area (Å²) < 4.78 is 2.02. The van der Waals surface area contributed by atoms with Gasteiger partial charge in [-0.3, -0.25) is 9.69 Å². The second-order valence-electron chi connectivity index (χ2n) is 11.4. The molecular weight excluding hydrogens is 438 g/mol. The third-order valence-electron chi connectivity index (χ3n) is 7.17. The van der Waals surface area contributed by atoms with E-state index in [1.165, 1.54) is 16.7 Å². The molecule has 8 nitrogen and oxygen atoms in total. The number of hydrogen-bond donors (Lipinski definition) is 1. The minimum Gasteiger partial charge on any atom is -0.358 e. The molecular formula is C27H39N7O. The molecule has 0 bridgehead atoms. The molecule has 8 heteroatoms. The number of benzene rings is 1. The van der Waals surface area contributed by atoms with Crippen molar-refractivity contribution in [1.29, 1.82) is 0 Å².